The second-order valence-corrected chi connectivity index (χ2v) is 7.44. The van der Waals surface area contributed by atoms with E-state index >= 15 is 0 Å². The zero-order valence-corrected chi connectivity index (χ0v) is 17.2. The van der Waals surface area contributed by atoms with Gasteiger partial charge in [-0.2, -0.15) is 0 Å². The standard InChI is InChI=1S/C26H31NO2/c1-2-3-14-24(27)17-23-15-16-25(28-19-21-10-6-4-7-11-21)26(18-23)29-20-22-12-8-5-9-13-22/h4-13,15-16,18,24H,2-3,14,17,19-20,27H2,1H3. The first kappa shape index (κ1) is 20.9. The van der Waals surface area contributed by atoms with Gasteiger partial charge in [-0.3, -0.25) is 0 Å². The number of rotatable bonds is 11. The number of nitrogens with two attached hydrogens (primary N) is 1. The van der Waals surface area contributed by atoms with E-state index in [-0.39, 0.29) is 6.04 Å². The van der Waals surface area contributed by atoms with Crippen LogP contribution in [0.25, 0.3) is 0 Å². The normalized spacial score (nSPS) is 11.8. The first-order valence-electron chi connectivity index (χ1n) is 10.5. The molecule has 1 unspecified atom stereocenters. The molecule has 3 aromatic carbocycles. The Morgan fingerprint density at radius 1 is 0.724 bits per heavy atom. The zero-order chi connectivity index (χ0) is 20.3. The van der Waals surface area contributed by atoms with Crippen LogP contribution in [0.1, 0.15) is 42.9 Å². The van der Waals surface area contributed by atoms with Crippen molar-refractivity contribution in [3.8, 4) is 11.5 Å². The summed E-state index contributed by atoms with van der Waals surface area (Å²) in [4.78, 5) is 0. The van der Waals surface area contributed by atoms with Crippen molar-refractivity contribution in [1.29, 1.82) is 0 Å². The van der Waals surface area contributed by atoms with Gasteiger partial charge in [-0.25, -0.2) is 0 Å². The summed E-state index contributed by atoms with van der Waals surface area (Å²) in [5.74, 6) is 1.53. The third-order valence-electron chi connectivity index (χ3n) is 4.91. The number of hydrogen-bond acceptors (Lipinski definition) is 3. The molecular weight excluding hydrogens is 358 g/mol. The summed E-state index contributed by atoms with van der Waals surface area (Å²) in [6.07, 6.45) is 4.23. The summed E-state index contributed by atoms with van der Waals surface area (Å²) in [7, 11) is 0. The molecule has 0 aliphatic heterocycles. The van der Waals surface area contributed by atoms with Crippen molar-refractivity contribution in [1.82, 2.24) is 0 Å². The fourth-order valence-corrected chi connectivity index (χ4v) is 3.25. The maximum absolute atomic E-state index is 6.31. The molecule has 0 spiro atoms. The van der Waals surface area contributed by atoms with Crippen molar-refractivity contribution in [3.63, 3.8) is 0 Å². The molecule has 152 valence electrons. The van der Waals surface area contributed by atoms with Crippen molar-refractivity contribution in [2.75, 3.05) is 0 Å². The summed E-state index contributed by atoms with van der Waals surface area (Å²) in [5, 5.41) is 0. The Morgan fingerprint density at radius 2 is 1.31 bits per heavy atom. The maximum atomic E-state index is 6.31. The Labute approximate surface area is 174 Å². The number of benzene rings is 3. The third kappa shape index (κ3) is 6.95. The first-order chi connectivity index (χ1) is 14.2. The molecule has 3 heteroatoms. The van der Waals surface area contributed by atoms with E-state index in [4.69, 9.17) is 15.2 Å². The molecule has 0 amide bonds. The van der Waals surface area contributed by atoms with Crippen molar-refractivity contribution in [2.24, 2.45) is 5.73 Å². The molecular formula is C26H31NO2. The van der Waals surface area contributed by atoms with Gasteiger partial charge in [0.05, 0.1) is 0 Å². The molecule has 0 aromatic heterocycles. The van der Waals surface area contributed by atoms with Crippen LogP contribution in [0.5, 0.6) is 11.5 Å². The van der Waals surface area contributed by atoms with E-state index in [1.165, 1.54) is 12.0 Å². The quantitative estimate of drug-likeness (QED) is 0.444. The Bertz CT molecular complexity index is 849. The lowest BCUT2D eigenvalue weighted by Gasteiger charge is -2.16. The second kappa shape index (κ2) is 11.3. The molecule has 0 radical (unpaired) electrons. The summed E-state index contributed by atoms with van der Waals surface area (Å²) in [5.41, 5.74) is 9.75. The molecule has 0 bridgehead atoms. The minimum atomic E-state index is 0.174. The largest absolute Gasteiger partial charge is 0.485 e. The summed E-state index contributed by atoms with van der Waals surface area (Å²) in [6.45, 7) is 3.22. The highest BCUT2D eigenvalue weighted by atomic mass is 16.5. The number of ether oxygens (including phenoxy) is 2. The van der Waals surface area contributed by atoms with Crippen LogP contribution >= 0.6 is 0 Å². The molecule has 3 nitrogen and oxygen atoms in total. The molecule has 0 fully saturated rings. The molecule has 3 aromatic rings. The second-order valence-electron chi connectivity index (χ2n) is 7.44. The van der Waals surface area contributed by atoms with Gasteiger partial charge >= 0.3 is 0 Å². The molecule has 0 aliphatic rings. The van der Waals surface area contributed by atoms with Crippen molar-refractivity contribution >= 4 is 0 Å². The van der Waals surface area contributed by atoms with E-state index in [0.29, 0.717) is 13.2 Å². The van der Waals surface area contributed by atoms with Crippen LogP contribution in [-0.2, 0) is 19.6 Å². The van der Waals surface area contributed by atoms with Gasteiger partial charge in [0, 0.05) is 6.04 Å². The lowest BCUT2D eigenvalue weighted by Crippen LogP contribution is -2.22. The highest BCUT2D eigenvalue weighted by molar-refractivity contribution is 5.43. The van der Waals surface area contributed by atoms with Gasteiger partial charge < -0.3 is 15.2 Å². The predicted octanol–water partition coefficient (Wildman–Crippen LogP) is 5.90. The van der Waals surface area contributed by atoms with Gasteiger partial charge in [-0.05, 0) is 41.7 Å². The molecule has 2 N–H and O–H groups in total. The number of hydrogen-bond donors (Lipinski definition) is 1. The molecule has 0 aliphatic carbocycles. The van der Waals surface area contributed by atoms with Crippen molar-refractivity contribution in [2.45, 2.75) is 51.9 Å². The van der Waals surface area contributed by atoms with Gasteiger partial charge in [0.1, 0.15) is 13.2 Å². The summed E-state index contributed by atoms with van der Waals surface area (Å²) >= 11 is 0. The molecule has 0 saturated heterocycles. The molecule has 1 atom stereocenters. The minimum absolute atomic E-state index is 0.174. The van der Waals surface area contributed by atoms with Crippen LogP contribution in [0.3, 0.4) is 0 Å². The van der Waals surface area contributed by atoms with Crippen molar-refractivity contribution in [3.05, 3.63) is 95.6 Å². The average molecular weight is 390 g/mol. The minimum Gasteiger partial charge on any atom is -0.485 e. The highest BCUT2D eigenvalue weighted by Gasteiger charge is 2.11. The molecule has 0 saturated carbocycles. The average Bonchev–Trinajstić information content (AvgIpc) is 2.77. The van der Waals surface area contributed by atoms with E-state index in [1.54, 1.807) is 0 Å². The van der Waals surface area contributed by atoms with Crippen LogP contribution < -0.4 is 15.2 Å². The van der Waals surface area contributed by atoms with Crippen LogP contribution in [0.4, 0.5) is 0 Å². The SMILES string of the molecule is CCCCC(N)Cc1ccc(OCc2ccccc2)c(OCc2ccccc2)c1. The Hall–Kier alpha value is -2.78. The smallest absolute Gasteiger partial charge is 0.161 e. The number of unbranched alkanes of at least 4 members (excludes halogenated alkanes) is 1. The lowest BCUT2D eigenvalue weighted by molar-refractivity contribution is 0.255. The maximum Gasteiger partial charge on any atom is 0.161 e. The predicted molar refractivity (Wildman–Crippen MR) is 119 cm³/mol. The van der Waals surface area contributed by atoms with Gasteiger partial charge in [0.25, 0.3) is 0 Å². The molecule has 3 rings (SSSR count). The van der Waals surface area contributed by atoms with Crippen molar-refractivity contribution < 1.29 is 9.47 Å². The zero-order valence-electron chi connectivity index (χ0n) is 17.2. The summed E-state index contributed by atoms with van der Waals surface area (Å²) in [6, 6.07) is 26.7. The topological polar surface area (TPSA) is 44.5 Å². The fraction of sp³-hybridized carbons (Fsp3) is 0.308. The first-order valence-corrected chi connectivity index (χ1v) is 10.5. The Morgan fingerprint density at radius 3 is 1.90 bits per heavy atom. The third-order valence-corrected chi connectivity index (χ3v) is 4.91. The van der Waals surface area contributed by atoms with Crippen LogP contribution in [0.2, 0.25) is 0 Å². The van der Waals surface area contributed by atoms with Gasteiger partial charge in [-0.15, -0.1) is 0 Å². The van der Waals surface area contributed by atoms with E-state index in [0.717, 1.165) is 41.9 Å². The van der Waals surface area contributed by atoms with E-state index < -0.39 is 0 Å². The van der Waals surface area contributed by atoms with E-state index in [2.05, 4.69) is 43.3 Å². The Balaban J connectivity index is 1.72. The van der Waals surface area contributed by atoms with Crippen LogP contribution in [-0.4, -0.2) is 6.04 Å². The highest BCUT2D eigenvalue weighted by Crippen LogP contribution is 2.30. The Kier molecular flexibility index (Phi) is 8.14. The lowest BCUT2D eigenvalue weighted by atomic mass is 10.0. The molecule has 0 heterocycles. The monoisotopic (exact) mass is 389 g/mol. The van der Waals surface area contributed by atoms with Gasteiger partial charge in [0.15, 0.2) is 11.5 Å². The van der Waals surface area contributed by atoms with E-state index in [1.807, 2.05) is 42.5 Å². The molecule has 29 heavy (non-hydrogen) atoms. The van der Waals surface area contributed by atoms with Crippen LogP contribution in [0, 0.1) is 0 Å². The fourth-order valence-electron chi connectivity index (χ4n) is 3.25. The van der Waals surface area contributed by atoms with Gasteiger partial charge in [-0.1, -0.05) is 86.5 Å². The van der Waals surface area contributed by atoms with Gasteiger partial charge in [0.2, 0.25) is 0 Å². The summed E-state index contributed by atoms with van der Waals surface area (Å²) < 4.78 is 12.2. The van der Waals surface area contributed by atoms with E-state index in [9.17, 15) is 0 Å². The van der Waals surface area contributed by atoms with Crippen LogP contribution in [0.15, 0.2) is 78.9 Å².